The van der Waals surface area contributed by atoms with Crippen LogP contribution >= 0.6 is 0 Å². The number of nitrogens with zero attached hydrogens (tertiary/aromatic N) is 3. The van der Waals surface area contributed by atoms with E-state index in [4.69, 9.17) is 9.47 Å². The summed E-state index contributed by atoms with van der Waals surface area (Å²) in [6, 6.07) is 8.12. The quantitative estimate of drug-likeness (QED) is 0.744. The Hall–Kier alpha value is -1.89. The monoisotopic (exact) mass is 331 g/mol. The highest BCUT2D eigenvalue weighted by Gasteiger charge is 2.29. The van der Waals surface area contributed by atoms with Crippen molar-refractivity contribution in [3.05, 3.63) is 48.5 Å². The van der Waals surface area contributed by atoms with Crippen LogP contribution in [0.4, 0.5) is 0 Å². The third-order valence-electron chi connectivity index (χ3n) is 4.36. The molecule has 1 N–H and O–H groups in total. The first-order valence-electron chi connectivity index (χ1n) is 8.36. The summed E-state index contributed by atoms with van der Waals surface area (Å²) in [5.41, 5.74) is 1.13. The molecule has 2 heterocycles. The lowest BCUT2D eigenvalue weighted by molar-refractivity contribution is 0.0920. The van der Waals surface area contributed by atoms with Gasteiger partial charge in [-0.25, -0.2) is 4.98 Å². The molecule has 2 atom stereocenters. The molecule has 1 fully saturated rings. The number of hydrogen-bond acceptors (Lipinski definition) is 5. The molecular formula is C18H25N3O3. The van der Waals surface area contributed by atoms with Gasteiger partial charge in [-0.3, -0.25) is 4.90 Å². The van der Waals surface area contributed by atoms with Crippen LogP contribution in [-0.4, -0.2) is 58.6 Å². The summed E-state index contributed by atoms with van der Waals surface area (Å²) in [6.45, 7) is 3.28. The fourth-order valence-corrected chi connectivity index (χ4v) is 2.96. The molecule has 6 nitrogen and oxygen atoms in total. The van der Waals surface area contributed by atoms with Crippen molar-refractivity contribution in [1.82, 2.24) is 14.5 Å². The first kappa shape index (κ1) is 17.0. The van der Waals surface area contributed by atoms with Crippen LogP contribution in [0, 0.1) is 0 Å². The molecule has 1 aromatic heterocycles. The maximum absolute atomic E-state index is 9.97. The zero-order chi connectivity index (χ0) is 16.8. The zero-order valence-electron chi connectivity index (χ0n) is 14.0. The number of benzene rings is 1. The third kappa shape index (κ3) is 4.35. The van der Waals surface area contributed by atoms with Crippen molar-refractivity contribution < 1.29 is 14.6 Å². The lowest BCUT2D eigenvalue weighted by Gasteiger charge is -2.26. The number of aliphatic hydroxyl groups excluding tert-OH is 1. The average molecular weight is 331 g/mol. The van der Waals surface area contributed by atoms with Gasteiger partial charge in [-0.05, 0) is 19.5 Å². The second-order valence-corrected chi connectivity index (χ2v) is 6.20. The summed E-state index contributed by atoms with van der Waals surface area (Å²) in [6.07, 6.45) is 6.07. The fraction of sp³-hybridized carbons (Fsp3) is 0.500. The van der Waals surface area contributed by atoms with E-state index in [0.29, 0.717) is 19.8 Å². The summed E-state index contributed by atoms with van der Waals surface area (Å²) >= 11 is 0. The van der Waals surface area contributed by atoms with Crippen LogP contribution in [0.15, 0.2) is 43.0 Å². The molecule has 2 aromatic rings. The lowest BCUT2D eigenvalue weighted by Crippen LogP contribution is -2.40. The lowest BCUT2D eigenvalue weighted by atomic mass is 10.1. The third-order valence-corrected chi connectivity index (χ3v) is 4.36. The molecule has 130 valence electrons. The van der Waals surface area contributed by atoms with Crippen LogP contribution in [0.3, 0.4) is 0 Å². The van der Waals surface area contributed by atoms with Crippen LogP contribution in [0.5, 0.6) is 5.75 Å². The van der Waals surface area contributed by atoms with Gasteiger partial charge in [-0.2, -0.15) is 0 Å². The number of aryl methyl sites for hydroxylation is 1. The highest BCUT2D eigenvalue weighted by molar-refractivity contribution is 5.33. The van der Waals surface area contributed by atoms with Crippen LogP contribution in [0.25, 0.3) is 0 Å². The molecule has 1 aliphatic rings. The van der Waals surface area contributed by atoms with Crippen molar-refractivity contribution in [2.45, 2.75) is 31.7 Å². The number of aliphatic hydroxyl groups is 1. The number of para-hydroxylation sites is 1. The Labute approximate surface area is 142 Å². The number of likely N-dealkylation sites (N-methyl/N-ethyl adjacent to an activating group) is 1. The molecule has 0 spiro atoms. The highest BCUT2D eigenvalue weighted by Crippen LogP contribution is 2.22. The van der Waals surface area contributed by atoms with Crippen molar-refractivity contribution in [1.29, 1.82) is 0 Å². The van der Waals surface area contributed by atoms with Gasteiger partial charge < -0.3 is 19.1 Å². The van der Waals surface area contributed by atoms with Crippen molar-refractivity contribution in [2.75, 3.05) is 26.9 Å². The maximum atomic E-state index is 9.97. The Balaban J connectivity index is 1.52. The van der Waals surface area contributed by atoms with E-state index in [-0.39, 0.29) is 6.04 Å². The van der Waals surface area contributed by atoms with Crippen LogP contribution in [0.1, 0.15) is 12.0 Å². The summed E-state index contributed by atoms with van der Waals surface area (Å²) in [4.78, 5) is 6.17. The van der Waals surface area contributed by atoms with E-state index in [9.17, 15) is 5.11 Å². The van der Waals surface area contributed by atoms with Gasteiger partial charge in [0, 0.05) is 31.0 Å². The minimum atomic E-state index is -0.418. The van der Waals surface area contributed by atoms with Gasteiger partial charge >= 0.3 is 0 Å². The Morgan fingerprint density at radius 3 is 3.00 bits per heavy atom. The maximum Gasteiger partial charge on any atom is 0.123 e. The van der Waals surface area contributed by atoms with E-state index in [1.807, 2.05) is 42.3 Å². The molecule has 1 aromatic carbocycles. The molecule has 0 bridgehead atoms. The van der Waals surface area contributed by atoms with E-state index >= 15 is 0 Å². The highest BCUT2D eigenvalue weighted by atomic mass is 16.5. The summed E-state index contributed by atoms with van der Waals surface area (Å²) in [5.74, 6) is 0.906. The summed E-state index contributed by atoms with van der Waals surface area (Å²) < 4.78 is 13.4. The van der Waals surface area contributed by atoms with Gasteiger partial charge in [0.25, 0.3) is 0 Å². The molecule has 1 saturated heterocycles. The molecular weight excluding hydrogens is 306 g/mol. The molecule has 0 radical (unpaired) electrons. The van der Waals surface area contributed by atoms with E-state index < -0.39 is 6.10 Å². The van der Waals surface area contributed by atoms with Crippen molar-refractivity contribution in [3.8, 4) is 5.75 Å². The predicted molar refractivity (Wildman–Crippen MR) is 90.9 cm³/mol. The van der Waals surface area contributed by atoms with Crippen LogP contribution in [0.2, 0.25) is 0 Å². The minimum Gasteiger partial charge on any atom is -0.493 e. The summed E-state index contributed by atoms with van der Waals surface area (Å²) in [7, 11) is 2.01. The van der Waals surface area contributed by atoms with Crippen molar-refractivity contribution >= 4 is 0 Å². The number of aromatic nitrogens is 2. The predicted octanol–water partition coefficient (Wildman–Crippen LogP) is 1.54. The molecule has 0 aliphatic carbocycles. The van der Waals surface area contributed by atoms with E-state index in [1.54, 1.807) is 6.20 Å². The first-order valence-corrected chi connectivity index (χ1v) is 8.36. The van der Waals surface area contributed by atoms with Gasteiger partial charge in [-0.15, -0.1) is 0 Å². The molecule has 6 heteroatoms. The largest absolute Gasteiger partial charge is 0.493 e. The fourth-order valence-electron chi connectivity index (χ4n) is 2.96. The smallest absolute Gasteiger partial charge is 0.123 e. The molecule has 0 saturated carbocycles. The van der Waals surface area contributed by atoms with Gasteiger partial charge in [-0.1, -0.05) is 18.2 Å². The topological polar surface area (TPSA) is 59.8 Å². The first-order chi connectivity index (χ1) is 11.7. The van der Waals surface area contributed by atoms with E-state index in [1.165, 1.54) is 0 Å². The Bertz CT molecular complexity index is 618. The van der Waals surface area contributed by atoms with Crippen molar-refractivity contribution in [3.63, 3.8) is 0 Å². The molecule has 24 heavy (non-hydrogen) atoms. The Kier molecular flexibility index (Phi) is 5.85. The van der Waals surface area contributed by atoms with E-state index in [2.05, 4.69) is 16.0 Å². The average Bonchev–Trinajstić information content (AvgIpc) is 3.24. The number of rotatable bonds is 8. The SMILES string of the molecule is CN(Cc1ccccc1OCCCn1ccnc1)C1COCC1O. The molecule has 3 rings (SSSR count). The number of imidazole rings is 1. The number of hydrogen-bond donors (Lipinski definition) is 1. The minimum absolute atomic E-state index is 0.0410. The normalized spacial score (nSPS) is 20.6. The second kappa shape index (κ2) is 8.28. The standard InChI is InChI=1S/C18H25N3O3/c1-20(16-12-23-13-17(16)22)11-15-5-2-3-6-18(15)24-10-4-8-21-9-7-19-14-21/h2-3,5-7,9,14,16-17,22H,4,8,10-13H2,1H3. The van der Waals surface area contributed by atoms with Crippen molar-refractivity contribution in [2.24, 2.45) is 0 Å². The molecule has 1 aliphatic heterocycles. The summed E-state index contributed by atoms with van der Waals surface area (Å²) in [5, 5.41) is 9.97. The van der Waals surface area contributed by atoms with Gasteiger partial charge in [0.05, 0.1) is 38.3 Å². The van der Waals surface area contributed by atoms with Gasteiger partial charge in [0.2, 0.25) is 0 Å². The second-order valence-electron chi connectivity index (χ2n) is 6.20. The molecule has 0 amide bonds. The van der Waals surface area contributed by atoms with Crippen LogP contribution < -0.4 is 4.74 Å². The zero-order valence-corrected chi connectivity index (χ0v) is 14.0. The van der Waals surface area contributed by atoms with Gasteiger partial charge in [0.1, 0.15) is 5.75 Å². The van der Waals surface area contributed by atoms with Crippen LogP contribution in [-0.2, 0) is 17.8 Å². The Morgan fingerprint density at radius 2 is 2.25 bits per heavy atom. The number of ether oxygens (including phenoxy) is 2. The molecule has 2 unspecified atom stereocenters. The van der Waals surface area contributed by atoms with Gasteiger partial charge in [0.15, 0.2) is 0 Å². The Morgan fingerprint density at radius 1 is 1.38 bits per heavy atom. The van der Waals surface area contributed by atoms with E-state index in [0.717, 1.165) is 30.8 Å².